The normalized spacial score (nSPS) is 37.4. The summed E-state index contributed by atoms with van der Waals surface area (Å²) in [5, 5.41) is 31.1. The van der Waals surface area contributed by atoms with E-state index in [2.05, 4.69) is 25.7 Å². The minimum Gasteiger partial charge on any atom is -0.464 e. The Labute approximate surface area is 199 Å². The van der Waals surface area contributed by atoms with Gasteiger partial charge in [-0.15, -0.1) is 0 Å². The number of esters is 1. The van der Waals surface area contributed by atoms with Crippen molar-refractivity contribution in [3.8, 4) is 0 Å². The van der Waals surface area contributed by atoms with Crippen LogP contribution in [0.3, 0.4) is 0 Å². The SMILES string of the molecule is C=C1C(=CC=C2CCC[C@@]3(C)C2CC[C@@H]3CCOC(=O)C(O)(CC)CC)C[C@@](C)(O)C[C@@H]1O. The van der Waals surface area contributed by atoms with Crippen molar-refractivity contribution in [3.63, 3.8) is 0 Å². The average Bonchev–Trinajstić information content (AvgIpc) is 3.10. The molecule has 3 rings (SSSR count). The Bertz CT molecular complexity index is 803. The molecule has 186 valence electrons. The van der Waals surface area contributed by atoms with Crippen molar-refractivity contribution < 1.29 is 24.9 Å². The first kappa shape index (κ1) is 26.2. The fraction of sp³-hybridized carbons (Fsp3) is 0.750. The lowest BCUT2D eigenvalue weighted by atomic mass is 9.63. The smallest absolute Gasteiger partial charge is 0.338 e. The van der Waals surface area contributed by atoms with Crippen LogP contribution in [0.1, 0.15) is 91.9 Å². The number of hydrogen-bond acceptors (Lipinski definition) is 5. The number of aliphatic hydroxyl groups excluding tert-OH is 1. The van der Waals surface area contributed by atoms with Crippen molar-refractivity contribution in [3.05, 3.63) is 35.5 Å². The number of carbonyl (C=O) groups is 1. The molecule has 0 aromatic heterocycles. The fourth-order valence-electron chi connectivity index (χ4n) is 6.51. The first-order chi connectivity index (χ1) is 15.5. The monoisotopic (exact) mass is 460 g/mol. The highest BCUT2D eigenvalue weighted by Gasteiger charge is 2.49. The molecule has 5 heteroatoms. The maximum Gasteiger partial charge on any atom is 0.338 e. The molecule has 0 heterocycles. The summed E-state index contributed by atoms with van der Waals surface area (Å²) in [4.78, 5) is 12.3. The molecule has 33 heavy (non-hydrogen) atoms. The number of aliphatic hydroxyl groups is 3. The van der Waals surface area contributed by atoms with Crippen molar-refractivity contribution in [1.29, 1.82) is 0 Å². The highest BCUT2D eigenvalue weighted by Crippen LogP contribution is 2.58. The summed E-state index contributed by atoms with van der Waals surface area (Å²) in [5.41, 5.74) is 1.05. The summed E-state index contributed by atoms with van der Waals surface area (Å²) in [5.74, 6) is 0.512. The molecule has 3 aliphatic rings. The van der Waals surface area contributed by atoms with Crippen molar-refractivity contribution in [1.82, 2.24) is 0 Å². The van der Waals surface area contributed by atoms with Crippen molar-refractivity contribution in [2.45, 2.75) is 109 Å². The number of fused-ring (bicyclic) bond motifs is 1. The van der Waals surface area contributed by atoms with Crippen molar-refractivity contribution in [2.75, 3.05) is 6.61 Å². The van der Waals surface area contributed by atoms with Crippen LogP contribution in [-0.2, 0) is 9.53 Å². The van der Waals surface area contributed by atoms with E-state index >= 15 is 0 Å². The van der Waals surface area contributed by atoms with Crippen LogP contribution in [0.15, 0.2) is 35.5 Å². The fourth-order valence-corrected chi connectivity index (χ4v) is 6.51. The van der Waals surface area contributed by atoms with Gasteiger partial charge in [0, 0.05) is 12.8 Å². The van der Waals surface area contributed by atoms with Gasteiger partial charge in [-0.25, -0.2) is 4.79 Å². The van der Waals surface area contributed by atoms with Gasteiger partial charge in [0.25, 0.3) is 0 Å². The van der Waals surface area contributed by atoms with Crippen LogP contribution in [-0.4, -0.2) is 45.2 Å². The molecule has 0 spiro atoms. The summed E-state index contributed by atoms with van der Waals surface area (Å²) in [6, 6.07) is 0. The predicted octanol–water partition coefficient (Wildman–Crippen LogP) is 5.00. The maximum atomic E-state index is 12.3. The van der Waals surface area contributed by atoms with Crippen LogP contribution in [0.2, 0.25) is 0 Å². The lowest BCUT2D eigenvalue weighted by Crippen LogP contribution is -2.39. The number of hydrogen-bond donors (Lipinski definition) is 3. The number of rotatable bonds is 7. The van der Waals surface area contributed by atoms with E-state index in [4.69, 9.17) is 4.74 Å². The van der Waals surface area contributed by atoms with Crippen molar-refractivity contribution >= 4 is 5.97 Å². The Balaban J connectivity index is 1.67. The van der Waals surface area contributed by atoms with Gasteiger partial charge < -0.3 is 20.1 Å². The van der Waals surface area contributed by atoms with E-state index in [0.29, 0.717) is 44.1 Å². The molecule has 1 unspecified atom stereocenters. The topological polar surface area (TPSA) is 87.0 Å². The third kappa shape index (κ3) is 5.47. The van der Waals surface area contributed by atoms with Gasteiger partial charge in [0.2, 0.25) is 0 Å². The Morgan fingerprint density at radius 1 is 1.24 bits per heavy atom. The van der Waals surface area contributed by atoms with Crippen LogP contribution in [0.25, 0.3) is 0 Å². The predicted molar refractivity (Wildman–Crippen MR) is 130 cm³/mol. The zero-order chi connectivity index (χ0) is 24.4. The molecule has 0 aromatic rings. The third-order valence-corrected chi connectivity index (χ3v) is 8.93. The Kier molecular flexibility index (Phi) is 7.97. The average molecular weight is 461 g/mol. The van der Waals surface area contributed by atoms with Gasteiger partial charge in [-0.05, 0) is 86.7 Å². The first-order valence-electron chi connectivity index (χ1n) is 12.8. The second-order valence-corrected chi connectivity index (χ2v) is 11.2. The Morgan fingerprint density at radius 2 is 1.94 bits per heavy atom. The second-order valence-electron chi connectivity index (χ2n) is 11.2. The molecule has 0 saturated heterocycles. The lowest BCUT2D eigenvalue weighted by molar-refractivity contribution is -0.166. The van der Waals surface area contributed by atoms with E-state index in [1.807, 2.05) is 13.8 Å². The molecule has 0 aliphatic heterocycles. The van der Waals surface area contributed by atoms with Crippen LogP contribution in [0, 0.1) is 17.3 Å². The minimum atomic E-state index is -1.36. The molecule has 3 N–H and O–H groups in total. The van der Waals surface area contributed by atoms with Crippen LogP contribution in [0.4, 0.5) is 0 Å². The van der Waals surface area contributed by atoms with E-state index in [1.54, 1.807) is 6.92 Å². The van der Waals surface area contributed by atoms with Gasteiger partial charge in [0.05, 0.1) is 18.3 Å². The van der Waals surface area contributed by atoms with Gasteiger partial charge in [-0.3, -0.25) is 0 Å². The van der Waals surface area contributed by atoms with Gasteiger partial charge in [0.1, 0.15) is 0 Å². The highest BCUT2D eigenvalue weighted by atomic mass is 16.5. The standard InChI is InChI=1S/C28H44O5/c1-6-28(32,7-2)25(30)33-16-14-22-12-13-23-20(9-8-15-27(22,23)5)10-11-21-17-26(4,31)18-24(29)19(21)3/h10-11,22-24,29,31-32H,3,6-9,12-18H2,1-2,4-5H3/t22-,23?,24+,26-,27-/m1/s1. The molecule has 5 nitrogen and oxygen atoms in total. The van der Waals surface area contributed by atoms with Crippen LogP contribution in [0.5, 0.6) is 0 Å². The summed E-state index contributed by atoms with van der Waals surface area (Å²) in [7, 11) is 0. The van der Waals surface area contributed by atoms with E-state index < -0.39 is 23.3 Å². The summed E-state index contributed by atoms with van der Waals surface area (Å²) < 4.78 is 5.50. The quantitative estimate of drug-likeness (QED) is 0.465. The van der Waals surface area contributed by atoms with Gasteiger partial charge in [-0.1, -0.05) is 45.1 Å². The molecular formula is C28H44O5. The van der Waals surface area contributed by atoms with Crippen LogP contribution >= 0.6 is 0 Å². The number of carbonyl (C=O) groups excluding carboxylic acids is 1. The largest absolute Gasteiger partial charge is 0.464 e. The molecule has 0 amide bonds. The van der Waals surface area contributed by atoms with E-state index in [1.165, 1.54) is 12.0 Å². The number of allylic oxidation sites excluding steroid dienone is 3. The van der Waals surface area contributed by atoms with E-state index in [0.717, 1.165) is 43.3 Å². The summed E-state index contributed by atoms with van der Waals surface area (Å²) >= 11 is 0. The second kappa shape index (κ2) is 10.1. The molecular weight excluding hydrogens is 416 g/mol. The number of ether oxygens (including phenoxy) is 1. The molecule has 0 radical (unpaired) electrons. The Morgan fingerprint density at radius 3 is 2.61 bits per heavy atom. The summed E-state index contributed by atoms with van der Waals surface area (Å²) in [6.45, 7) is 12.2. The zero-order valence-electron chi connectivity index (χ0n) is 21.0. The third-order valence-electron chi connectivity index (χ3n) is 8.93. The van der Waals surface area contributed by atoms with E-state index in [9.17, 15) is 20.1 Å². The van der Waals surface area contributed by atoms with Gasteiger partial charge in [-0.2, -0.15) is 0 Å². The van der Waals surface area contributed by atoms with E-state index in [-0.39, 0.29) is 5.41 Å². The molecule has 0 aromatic carbocycles. The molecule has 3 aliphatic carbocycles. The molecule has 3 fully saturated rings. The lowest BCUT2D eigenvalue weighted by Gasteiger charge is -2.42. The Hall–Kier alpha value is -1.43. The maximum absolute atomic E-state index is 12.3. The first-order valence-corrected chi connectivity index (χ1v) is 12.8. The molecule has 3 saturated carbocycles. The summed E-state index contributed by atoms with van der Waals surface area (Å²) in [6.07, 6.45) is 11.7. The minimum absolute atomic E-state index is 0.190. The van der Waals surface area contributed by atoms with Gasteiger partial charge in [0.15, 0.2) is 5.60 Å². The zero-order valence-corrected chi connectivity index (χ0v) is 21.0. The highest BCUT2D eigenvalue weighted by molar-refractivity contribution is 5.79. The van der Waals surface area contributed by atoms with Gasteiger partial charge >= 0.3 is 5.97 Å². The molecule has 0 bridgehead atoms. The van der Waals surface area contributed by atoms with Crippen molar-refractivity contribution in [2.24, 2.45) is 17.3 Å². The van der Waals surface area contributed by atoms with Crippen LogP contribution < -0.4 is 0 Å². The molecule has 5 atom stereocenters.